The average Bonchev–Trinajstić information content (AvgIpc) is 2.46. The van der Waals surface area contributed by atoms with Gasteiger partial charge in [0.25, 0.3) is 0 Å². The Morgan fingerprint density at radius 3 is 3.00 bits per heavy atom. The van der Waals surface area contributed by atoms with Crippen molar-refractivity contribution in [2.45, 2.75) is 6.23 Å². The molecular formula is C8H7NO2. The number of fused-ring (bicyclic) bond motifs is 1. The van der Waals surface area contributed by atoms with Gasteiger partial charge in [0, 0.05) is 0 Å². The van der Waals surface area contributed by atoms with Crippen molar-refractivity contribution >= 4 is 12.0 Å². The maximum atomic E-state index is 10.3. The summed E-state index contributed by atoms with van der Waals surface area (Å²) >= 11 is 0. The molecule has 0 bridgehead atoms. The van der Waals surface area contributed by atoms with E-state index in [1.165, 1.54) is 0 Å². The van der Waals surface area contributed by atoms with Gasteiger partial charge in [0.1, 0.15) is 5.75 Å². The lowest BCUT2D eigenvalue weighted by Gasteiger charge is -1.99. The third-order valence-electron chi connectivity index (χ3n) is 1.56. The van der Waals surface area contributed by atoms with Crippen molar-refractivity contribution in [1.82, 2.24) is 0 Å². The number of hydrogen-bond acceptors (Lipinski definition) is 3. The number of para-hydroxylation sites is 2. The van der Waals surface area contributed by atoms with Crippen LogP contribution in [0.1, 0.15) is 0 Å². The van der Waals surface area contributed by atoms with Gasteiger partial charge < -0.3 is 10.1 Å². The molecule has 0 radical (unpaired) electrons. The van der Waals surface area contributed by atoms with E-state index in [2.05, 4.69) is 5.32 Å². The number of nitrogens with one attached hydrogen (secondary N) is 1. The van der Waals surface area contributed by atoms with Crippen LogP contribution >= 0.6 is 0 Å². The summed E-state index contributed by atoms with van der Waals surface area (Å²) in [6.45, 7) is 0. The summed E-state index contributed by atoms with van der Waals surface area (Å²) in [5, 5.41) is 2.89. The second-order valence-corrected chi connectivity index (χ2v) is 2.32. The highest BCUT2D eigenvalue weighted by atomic mass is 16.5. The molecule has 1 aromatic rings. The number of ether oxygens (including phenoxy) is 1. The number of hydrogen-bond donors (Lipinski definition) is 1. The number of carbonyl (C=O) groups excluding carboxylic acids is 1. The average molecular weight is 149 g/mol. The summed E-state index contributed by atoms with van der Waals surface area (Å²) in [4.78, 5) is 10.3. The molecular weight excluding hydrogens is 142 g/mol. The van der Waals surface area contributed by atoms with Crippen molar-refractivity contribution in [3.8, 4) is 5.75 Å². The number of aldehydes is 1. The van der Waals surface area contributed by atoms with E-state index in [9.17, 15) is 4.79 Å². The zero-order valence-corrected chi connectivity index (χ0v) is 5.78. The highest BCUT2D eigenvalue weighted by Gasteiger charge is 2.19. The fourth-order valence-electron chi connectivity index (χ4n) is 1.07. The molecule has 1 atom stereocenters. The van der Waals surface area contributed by atoms with Gasteiger partial charge in [0.05, 0.1) is 5.69 Å². The highest BCUT2D eigenvalue weighted by Crippen LogP contribution is 2.29. The maximum absolute atomic E-state index is 10.3. The lowest BCUT2D eigenvalue weighted by molar-refractivity contribution is -0.112. The maximum Gasteiger partial charge on any atom is 0.226 e. The van der Waals surface area contributed by atoms with E-state index in [0.717, 1.165) is 17.7 Å². The molecule has 56 valence electrons. The number of rotatable bonds is 1. The summed E-state index contributed by atoms with van der Waals surface area (Å²) in [5.41, 5.74) is 0.879. The molecule has 1 N–H and O–H groups in total. The number of carbonyl (C=O) groups is 1. The largest absolute Gasteiger partial charge is 0.461 e. The van der Waals surface area contributed by atoms with Gasteiger partial charge in [-0.1, -0.05) is 12.1 Å². The smallest absolute Gasteiger partial charge is 0.226 e. The topological polar surface area (TPSA) is 38.3 Å². The quantitative estimate of drug-likeness (QED) is 0.606. The van der Waals surface area contributed by atoms with E-state index in [0.29, 0.717) is 0 Å². The fraction of sp³-hybridized carbons (Fsp3) is 0.125. The molecule has 1 aliphatic heterocycles. The molecule has 1 aliphatic rings. The SMILES string of the molecule is O=CC1Nc2ccccc2O1. The van der Waals surface area contributed by atoms with Crippen LogP contribution in [0.2, 0.25) is 0 Å². The van der Waals surface area contributed by atoms with Crippen LogP contribution in [0.15, 0.2) is 24.3 Å². The Hall–Kier alpha value is -1.51. The van der Waals surface area contributed by atoms with Crippen LogP contribution in [-0.2, 0) is 4.79 Å². The molecule has 1 unspecified atom stereocenters. The molecule has 1 aromatic carbocycles. The minimum Gasteiger partial charge on any atom is -0.461 e. The first kappa shape index (κ1) is 6.22. The van der Waals surface area contributed by atoms with Gasteiger partial charge in [-0.3, -0.25) is 4.79 Å². The third kappa shape index (κ3) is 0.941. The number of benzene rings is 1. The molecule has 2 rings (SSSR count). The van der Waals surface area contributed by atoms with Crippen LogP contribution in [0.3, 0.4) is 0 Å². The Labute approximate surface area is 64.0 Å². The molecule has 0 aliphatic carbocycles. The lowest BCUT2D eigenvalue weighted by atomic mass is 10.3. The Balaban J connectivity index is 2.33. The molecule has 0 fully saturated rings. The van der Waals surface area contributed by atoms with E-state index >= 15 is 0 Å². The van der Waals surface area contributed by atoms with Crippen LogP contribution in [0, 0.1) is 0 Å². The minimum absolute atomic E-state index is 0.507. The monoisotopic (exact) mass is 149 g/mol. The van der Waals surface area contributed by atoms with Gasteiger partial charge in [-0.05, 0) is 12.1 Å². The van der Waals surface area contributed by atoms with Crippen molar-refractivity contribution in [3.05, 3.63) is 24.3 Å². The second-order valence-electron chi connectivity index (χ2n) is 2.32. The van der Waals surface area contributed by atoms with Crippen LogP contribution in [0.5, 0.6) is 5.75 Å². The van der Waals surface area contributed by atoms with Crippen molar-refractivity contribution in [2.24, 2.45) is 0 Å². The van der Waals surface area contributed by atoms with Crippen LogP contribution in [0.25, 0.3) is 0 Å². The predicted octanol–water partition coefficient (Wildman–Crippen LogP) is 1.02. The Bertz CT molecular complexity index is 260. The van der Waals surface area contributed by atoms with Crippen LogP contribution in [0.4, 0.5) is 5.69 Å². The van der Waals surface area contributed by atoms with Crippen molar-refractivity contribution in [3.63, 3.8) is 0 Å². The van der Waals surface area contributed by atoms with Gasteiger partial charge in [0.2, 0.25) is 6.23 Å². The first-order valence-corrected chi connectivity index (χ1v) is 3.37. The van der Waals surface area contributed by atoms with Gasteiger partial charge in [0.15, 0.2) is 6.29 Å². The molecule has 3 heteroatoms. The first-order chi connectivity index (χ1) is 5.40. The number of anilines is 1. The highest BCUT2D eigenvalue weighted by molar-refractivity contribution is 5.70. The molecule has 0 aromatic heterocycles. The zero-order valence-electron chi connectivity index (χ0n) is 5.78. The van der Waals surface area contributed by atoms with Gasteiger partial charge in [-0.2, -0.15) is 0 Å². The predicted molar refractivity (Wildman–Crippen MR) is 40.5 cm³/mol. The molecule has 1 heterocycles. The molecule has 11 heavy (non-hydrogen) atoms. The summed E-state index contributed by atoms with van der Waals surface area (Å²) in [7, 11) is 0. The van der Waals surface area contributed by atoms with E-state index in [1.807, 2.05) is 24.3 Å². The zero-order chi connectivity index (χ0) is 7.68. The van der Waals surface area contributed by atoms with Gasteiger partial charge >= 0.3 is 0 Å². The fourth-order valence-corrected chi connectivity index (χ4v) is 1.07. The minimum atomic E-state index is -0.507. The van der Waals surface area contributed by atoms with Crippen molar-refractivity contribution in [1.29, 1.82) is 0 Å². The first-order valence-electron chi connectivity index (χ1n) is 3.37. The normalized spacial score (nSPS) is 19.8. The van der Waals surface area contributed by atoms with Crippen LogP contribution < -0.4 is 10.1 Å². The summed E-state index contributed by atoms with van der Waals surface area (Å²) in [6.07, 6.45) is 0.229. The summed E-state index contributed by atoms with van der Waals surface area (Å²) in [6, 6.07) is 7.46. The Morgan fingerprint density at radius 1 is 1.45 bits per heavy atom. The van der Waals surface area contributed by atoms with E-state index in [4.69, 9.17) is 4.74 Å². The van der Waals surface area contributed by atoms with E-state index < -0.39 is 6.23 Å². The van der Waals surface area contributed by atoms with Crippen molar-refractivity contribution in [2.75, 3.05) is 5.32 Å². The Morgan fingerprint density at radius 2 is 2.27 bits per heavy atom. The van der Waals surface area contributed by atoms with Crippen LogP contribution in [-0.4, -0.2) is 12.5 Å². The van der Waals surface area contributed by atoms with Gasteiger partial charge in [-0.25, -0.2) is 0 Å². The van der Waals surface area contributed by atoms with Crippen molar-refractivity contribution < 1.29 is 9.53 Å². The lowest BCUT2D eigenvalue weighted by Crippen LogP contribution is -2.20. The third-order valence-corrected chi connectivity index (χ3v) is 1.56. The van der Waals surface area contributed by atoms with Gasteiger partial charge in [-0.15, -0.1) is 0 Å². The molecule has 3 nitrogen and oxygen atoms in total. The summed E-state index contributed by atoms with van der Waals surface area (Å²) < 4.78 is 5.18. The second kappa shape index (κ2) is 2.27. The van der Waals surface area contributed by atoms with E-state index in [-0.39, 0.29) is 0 Å². The molecule has 0 saturated carbocycles. The molecule has 0 saturated heterocycles. The molecule has 0 amide bonds. The summed E-state index contributed by atoms with van der Waals surface area (Å²) in [5.74, 6) is 0.740. The standard InChI is InChI=1S/C8H7NO2/c10-5-8-9-6-3-1-2-4-7(6)11-8/h1-5,8-9H. The van der Waals surface area contributed by atoms with E-state index in [1.54, 1.807) is 0 Å². The Kier molecular flexibility index (Phi) is 1.28. The molecule has 0 spiro atoms.